The highest BCUT2D eigenvalue weighted by atomic mass is 16.5. The van der Waals surface area contributed by atoms with Crippen LogP contribution in [0.5, 0.6) is 0 Å². The molecule has 1 rings (SSSR count). The molecule has 1 aromatic rings. The molecule has 0 spiro atoms. The number of aldehydes is 1. The van der Waals surface area contributed by atoms with E-state index in [0.717, 1.165) is 5.56 Å². The summed E-state index contributed by atoms with van der Waals surface area (Å²) in [6, 6.07) is 9.80. The molecule has 0 aliphatic rings. The van der Waals surface area contributed by atoms with Crippen LogP contribution in [0.4, 0.5) is 0 Å². The van der Waals surface area contributed by atoms with Crippen LogP contribution in [0.3, 0.4) is 0 Å². The largest absolute Gasteiger partial charge is 0.490 e. The van der Waals surface area contributed by atoms with Gasteiger partial charge in [-0.1, -0.05) is 43.5 Å². The Hall–Kier alpha value is -2.09. The second-order valence-electron chi connectivity index (χ2n) is 3.27. The number of ether oxygens (including phenoxy) is 1. The van der Waals surface area contributed by atoms with Gasteiger partial charge in [0.15, 0.2) is 0 Å². The van der Waals surface area contributed by atoms with Crippen LogP contribution in [0.2, 0.25) is 0 Å². The molecule has 0 heterocycles. The minimum Gasteiger partial charge on any atom is -0.490 e. The van der Waals surface area contributed by atoms with Crippen LogP contribution in [0.15, 0.2) is 67.0 Å². The van der Waals surface area contributed by atoms with Gasteiger partial charge in [0.05, 0.1) is 0 Å². The van der Waals surface area contributed by atoms with Gasteiger partial charge in [0.2, 0.25) is 0 Å². The maximum absolute atomic E-state index is 10.3. The van der Waals surface area contributed by atoms with E-state index in [1.54, 1.807) is 12.2 Å². The van der Waals surface area contributed by atoms with Gasteiger partial charge in [-0.05, 0) is 17.7 Å². The van der Waals surface area contributed by atoms with E-state index in [-0.39, 0.29) is 0 Å². The number of carbonyl (C=O) groups is 1. The van der Waals surface area contributed by atoms with Gasteiger partial charge >= 0.3 is 0 Å². The normalized spacial score (nSPS) is 10.0. The monoisotopic (exact) mass is 214 g/mol. The Balaban J connectivity index is 2.39. The minimum absolute atomic E-state index is 0.393. The standard InChI is InChI=1S/C14H14O2/c1-12(10-15)8-9-13(2)16-11-14-6-4-3-5-7-14/h3-10H,1-2,11H2/b9-8-. The fourth-order valence-electron chi connectivity index (χ4n) is 1.04. The fraction of sp³-hybridized carbons (Fsp3) is 0.0714. The van der Waals surface area contributed by atoms with Gasteiger partial charge in [-0.25, -0.2) is 0 Å². The zero-order valence-corrected chi connectivity index (χ0v) is 9.06. The van der Waals surface area contributed by atoms with Crippen molar-refractivity contribution in [1.82, 2.24) is 0 Å². The Bertz CT molecular complexity index is 402. The molecule has 0 atom stereocenters. The Labute approximate surface area is 95.6 Å². The molecule has 16 heavy (non-hydrogen) atoms. The van der Waals surface area contributed by atoms with Crippen LogP contribution in [0.25, 0.3) is 0 Å². The molecular formula is C14H14O2. The van der Waals surface area contributed by atoms with Crippen LogP contribution in [0, 0.1) is 0 Å². The van der Waals surface area contributed by atoms with Crippen molar-refractivity contribution < 1.29 is 9.53 Å². The number of rotatable bonds is 6. The van der Waals surface area contributed by atoms with E-state index >= 15 is 0 Å². The average molecular weight is 214 g/mol. The summed E-state index contributed by atoms with van der Waals surface area (Å²) in [6.45, 7) is 7.69. The number of carbonyl (C=O) groups excluding carboxylic acids is 1. The predicted octanol–water partition coefficient (Wildman–Crippen LogP) is 3.03. The van der Waals surface area contributed by atoms with Gasteiger partial charge in [-0.15, -0.1) is 0 Å². The zero-order valence-electron chi connectivity index (χ0n) is 9.06. The highest BCUT2D eigenvalue weighted by Gasteiger charge is 1.93. The highest BCUT2D eigenvalue weighted by molar-refractivity contribution is 5.76. The summed E-state index contributed by atoms with van der Waals surface area (Å²) in [4.78, 5) is 10.3. The molecule has 0 N–H and O–H groups in total. The van der Waals surface area contributed by atoms with Crippen molar-refractivity contribution in [3.8, 4) is 0 Å². The smallest absolute Gasteiger partial charge is 0.149 e. The van der Waals surface area contributed by atoms with Crippen molar-refractivity contribution in [2.45, 2.75) is 6.61 Å². The SMILES string of the molecule is C=C(C=O)/C=C\C(=C)OCc1ccccc1. The minimum atomic E-state index is 0.393. The summed E-state index contributed by atoms with van der Waals surface area (Å²) >= 11 is 0. The number of allylic oxidation sites excluding steroid dienone is 3. The Kier molecular flexibility index (Phi) is 4.80. The molecule has 0 unspecified atom stereocenters. The fourth-order valence-corrected chi connectivity index (χ4v) is 1.04. The van der Waals surface area contributed by atoms with Gasteiger partial charge in [0.25, 0.3) is 0 Å². The second-order valence-corrected chi connectivity index (χ2v) is 3.27. The maximum Gasteiger partial charge on any atom is 0.149 e. The van der Waals surface area contributed by atoms with Crippen LogP contribution in [-0.2, 0) is 16.1 Å². The summed E-state index contributed by atoms with van der Waals surface area (Å²) in [5.41, 5.74) is 1.47. The highest BCUT2D eigenvalue weighted by Crippen LogP contribution is 2.05. The number of hydrogen-bond donors (Lipinski definition) is 0. The summed E-state index contributed by atoms with van der Waals surface area (Å²) in [6.07, 6.45) is 3.88. The molecule has 0 saturated carbocycles. The lowest BCUT2D eigenvalue weighted by Crippen LogP contribution is -1.90. The van der Waals surface area contributed by atoms with E-state index in [9.17, 15) is 4.79 Å². The summed E-state index contributed by atoms with van der Waals surface area (Å²) < 4.78 is 5.38. The van der Waals surface area contributed by atoms with E-state index in [1.165, 1.54) is 0 Å². The van der Waals surface area contributed by atoms with Gasteiger partial charge in [-0.2, -0.15) is 0 Å². The van der Waals surface area contributed by atoms with Gasteiger partial charge in [-0.3, -0.25) is 4.79 Å². The van der Waals surface area contributed by atoms with Crippen molar-refractivity contribution in [1.29, 1.82) is 0 Å². The van der Waals surface area contributed by atoms with Crippen molar-refractivity contribution >= 4 is 6.29 Å². The summed E-state index contributed by atoms with van der Waals surface area (Å²) in [5, 5.41) is 0. The van der Waals surface area contributed by atoms with Crippen LogP contribution >= 0.6 is 0 Å². The molecule has 0 fully saturated rings. The van der Waals surface area contributed by atoms with E-state index < -0.39 is 0 Å². The number of benzene rings is 1. The molecule has 2 nitrogen and oxygen atoms in total. The van der Waals surface area contributed by atoms with Gasteiger partial charge < -0.3 is 4.74 Å². The van der Waals surface area contributed by atoms with E-state index in [4.69, 9.17) is 4.74 Å². The summed E-state index contributed by atoms with van der Waals surface area (Å²) in [7, 11) is 0. The quantitative estimate of drug-likeness (QED) is 0.315. The molecular weight excluding hydrogens is 200 g/mol. The molecule has 0 saturated heterocycles. The lowest BCUT2D eigenvalue weighted by Gasteiger charge is -2.05. The molecule has 0 aliphatic carbocycles. The molecule has 0 aromatic heterocycles. The zero-order chi connectivity index (χ0) is 11.8. The van der Waals surface area contributed by atoms with Gasteiger partial charge in [0, 0.05) is 5.57 Å². The second kappa shape index (κ2) is 6.40. The van der Waals surface area contributed by atoms with Crippen molar-refractivity contribution in [2.75, 3.05) is 0 Å². The first-order valence-electron chi connectivity index (χ1n) is 4.90. The van der Waals surface area contributed by atoms with Crippen LogP contribution < -0.4 is 0 Å². The van der Waals surface area contributed by atoms with E-state index in [2.05, 4.69) is 13.2 Å². The Morgan fingerprint density at radius 2 is 1.88 bits per heavy atom. The van der Waals surface area contributed by atoms with E-state index in [0.29, 0.717) is 24.2 Å². The third kappa shape index (κ3) is 4.42. The molecule has 0 bridgehead atoms. The lowest BCUT2D eigenvalue weighted by atomic mass is 10.2. The first kappa shape index (κ1) is 12.0. The average Bonchev–Trinajstić information content (AvgIpc) is 2.34. The molecule has 0 amide bonds. The van der Waals surface area contributed by atoms with Crippen LogP contribution in [-0.4, -0.2) is 6.29 Å². The molecule has 82 valence electrons. The molecule has 0 radical (unpaired) electrons. The Morgan fingerprint density at radius 3 is 2.50 bits per heavy atom. The van der Waals surface area contributed by atoms with Gasteiger partial charge in [0.1, 0.15) is 18.7 Å². The lowest BCUT2D eigenvalue weighted by molar-refractivity contribution is -0.104. The Morgan fingerprint density at radius 1 is 1.19 bits per heavy atom. The first-order chi connectivity index (χ1) is 7.72. The third-order valence-electron chi connectivity index (χ3n) is 1.90. The predicted molar refractivity (Wildman–Crippen MR) is 64.7 cm³/mol. The van der Waals surface area contributed by atoms with Crippen molar-refractivity contribution in [2.24, 2.45) is 0 Å². The van der Waals surface area contributed by atoms with Crippen LogP contribution in [0.1, 0.15) is 5.56 Å². The van der Waals surface area contributed by atoms with E-state index in [1.807, 2.05) is 30.3 Å². The van der Waals surface area contributed by atoms with Crippen molar-refractivity contribution in [3.63, 3.8) is 0 Å². The molecule has 1 aromatic carbocycles. The first-order valence-corrected chi connectivity index (χ1v) is 4.90. The maximum atomic E-state index is 10.3. The summed E-state index contributed by atoms with van der Waals surface area (Å²) in [5.74, 6) is 0.506. The third-order valence-corrected chi connectivity index (χ3v) is 1.90. The van der Waals surface area contributed by atoms with Crippen molar-refractivity contribution in [3.05, 3.63) is 72.5 Å². The number of hydrogen-bond acceptors (Lipinski definition) is 2. The molecule has 2 heteroatoms. The molecule has 0 aliphatic heterocycles. The topological polar surface area (TPSA) is 26.3 Å².